The fraction of sp³-hybridized carbons (Fsp3) is 0.571. The van der Waals surface area contributed by atoms with Crippen LogP contribution in [0.4, 0.5) is 5.82 Å². The first-order valence-electron chi connectivity index (χ1n) is 6.69. The predicted molar refractivity (Wildman–Crippen MR) is 75.2 cm³/mol. The number of aryl methyl sites for hydroxylation is 1. The minimum absolute atomic E-state index is 0.301. The molecule has 1 rings (SSSR count). The van der Waals surface area contributed by atoms with Crippen LogP contribution in [0.25, 0.3) is 0 Å². The van der Waals surface area contributed by atoms with Gasteiger partial charge in [0.25, 0.3) is 0 Å². The number of nitrogens with one attached hydrogen (secondary N) is 1. The number of hydrogen-bond donors (Lipinski definition) is 1. The number of nitrogens with zero attached hydrogens (tertiary/aromatic N) is 3. The van der Waals surface area contributed by atoms with Crippen LogP contribution in [0, 0.1) is 17.2 Å². The lowest BCUT2D eigenvalue weighted by atomic mass is 10.0. The molecule has 108 valence electrons. The molecule has 0 saturated heterocycles. The summed E-state index contributed by atoms with van der Waals surface area (Å²) in [6.45, 7) is 6.07. The van der Waals surface area contributed by atoms with Crippen LogP contribution in [-0.4, -0.2) is 29.8 Å². The van der Waals surface area contributed by atoms with Crippen LogP contribution in [0.5, 0.6) is 0 Å². The number of carbonyl (C=O) groups is 1. The average Bonchev–Trinajstić information content (AvgIpc) is 2.50. The van der Waals surface area contributed by atoms with E-state index in [1.54, 1.807) is 6.92 Å². The van der Waals surface area contributed by atoms with Crippen LogP contribution in [0.15, 0.2) is 0 Å². The molecule has 1 atom stereocenters. The van der Waals surface area contributed by atoms with Gasteiger partial charge in [-0.05, 0) is 18.4 Å². The molecule has 6 nitrogen and oxygen atoms in total. The number of nitriles is 1. The zero-order valence-electron chi connectivity index (χ0n) is 12.4. The Morgan fingerprint density at radius 3 is 2.60 bits per heavy atom. The third kappa shape index (κ3) is 3.44. The third-order valence-electron chi connectivity index (χ3n) is 3.14. The summed E-state index contributed by atoms with van der Waals surface area (Å²) in [6, 6.07) is 2.18. The molecule has 6 heteroatoms. The van der Waals surface area contributed by atoms with Crippen molar-refractivity contribution in [1.82, 2.24) is 10.2 Å². The van der Waals surface area contributed by atoms with Crippen LogP contribution in [0.2, 0.25) is 0 Å². The summed E-state index contributed by atoms with van der Waals surface area (Å²) in [6.07, 6.45) is 1.46. The Kier molecular flexibility index (Phi) is 5.91. The van der Waals surface area contributed by atoms with Gasteiger partial charge in [0.1, 0.15) is 11.6 Å². The van der Waals surface area contributed by atoms with E-state index in [-0.39, 0.29) is 11.9 Å². The van der Waals surface area contributed by atoms with E-state index in [2.05, 4.69) is 26.3 Å². The van der Waals surface area contributed by atoms with E-state index < -0.39 is 0 Å². The Morgan fingerprint density at radius 1 is 1.40 bits per heavy atom. The fourth-order valence-corrected chi connectivity index (χ4v) is 1.95. The zero-order valence-corrected chi connectivity index (χ0v) is 12.4. The van der Waals surface area contributed by atoms with Crippen molar-refractivity contribution >= 4 is 11.8 Å². The molecule has 0 saturated carbocycles. The highest BCUT2D eigenvalue weighted by Crippen LogP contribution is 2.20. The van der Waals surface area contributed by atoms with Gasteiger partial charge in [0.2, 0.25) is 0 Å². The lowest BCUT2D eigenvalue weighted by Crippen LogP contribution is -2.22. The minimum atomic E-state index is -0.315. The highest BCUT2D eigenvalue weighted by atomic mass is 16.5. The van der Waals surface area contributed by atoms with E-state index in [0.717, 1.165) is 24.1 Å². The van der Waals surface area contributed by atoms with Crippen LogP contribution in [0.3, 0.4) is 0 Å². The van der Waals surface area contributed by atoms with E-state index in [1.165, 1.54) is 7.11 Å². The van der Waals surface area contributed by atoms with Crippen molar-refractivity contribution < 1.29 is 9.53 Å². The van der Waals surface area contributed by atoms with Crippen LogP contribution in [0.1, 0.15) is 37.6 Å². The summed E-state index contributed by atoms with van der Waals surface area (Å²) in [5.74, 6) is -0.188. The van der Waals surface area contributed by atoms with E-state index in [0.29, 0.717) is 17.9 Å². The first-order valence-corrected chi connectivity index (χ1v) is 6.69. The Hall–Kier alpha value is -2.16. The van der Waals surface area contributed by atoms with Gasteiger partial charge in [0, 0.05) is 6.54 Å². The SMILES string of the molecule is CCc1nnc(NCC(C)C(=O)OC)c(C#N)c1CC. The highest BCUT2D eigenvalue weighted by molar-refractivity contribution is 5.72. The largest absolute Gasteiger partial charge is 0.469 e. The Bertz CT molecular complexity index is 523. The molecule has 0 bridgehead atoms. The number of hydrogen-bond acceptors (Lipinski definition) is 6. The lowest BCUT2D eigenvalue weighted by molar-refractivity contribution is -0.144. The molecule has 0 aliphatic rings. The number of ether oxygens (including phenoxy) is 1. The maximum atomic E-state index is 11.3. The molecule has 0 radical (unpaired) electrons. The van der Waals surface area contributed by atoms with E-state index in [1.807, 2.05) is 13.8 Å². The van der Waals surface area contributed by atoms with Crippen molar-refractivity contribution in [2.75, 3.05) is 19.0 Å². The number of aromatic nitrogens is 2. The van der Waals surface area contributed by atoms with Crippen molar-refractivity contribution in [3.05, 3.63) is 16.8 Å². The number of anilines is 1. The van der Waals surface area contributed by atoms with Gasteiger partial charge in [-0.25, -0.2) is 0 Å². The Morgan fingerprint density at radius 2 is 2.10 bits per heavy atom. The van der Waals surface area contributed by atoms with Gasteiger partial charge in [0.05, 0.1) is 18.7 Å². The molecule has 1 unspecified atom stereocenters. The summed E-state index contributed by atoms with van der Waals surface area (Å²) in [5.41, 5.74) is 2.27. The molecule has 0 amide bonds. The van der Waals surface area contributed by atoms with Gasteiger partial charge in [-0.2, -0.15) is 10.4 Å². The van der Waals surface area contributed by atoms with Crippen LogP contribution in [-0.2, 0) is 22.4 Å². The number of carbonyl (C=O) groups excluding carboxylic acids is 1. The van der Waals surface area contributed by atoms with Crippen molar-refractivity contribution in [2.45, 2.75) is 33.6 Å². The maximum Gasteiger partial charge on any atom is 0.310 e. The van der Waals surface area contributed by atoms with Gasteiger partial charge in [-0.3, -0.25) is 4.79 Å². The van der Waals surface area contributed by atoms with Gasteiger partial charge in [-0.15, -0.1) is 5.10 Å². The molecule has 0 aromatic carbocycles. The van der Waals surface area contributed by atoms with Crippen molar-refractivity contribution in [2.24, 2.45) is 5.92 Å². The standard InChI is InChI=1S/C14H20N4O2/c1-5-10-11(7-15)13(18-17-12(10)6-2)16-8-9(3)14(19)20-4/h9H,5-6,8H2,1-4H3,(H,16,18). The second-order valence-corrected chi connectivity index (χ2v) is 4.47. The topological polar surface area (TPSA) is 87.9 Å². The zero-order chi connectivity index (χ0) is 15.1. The smallest absolute Gasteiger partial charge is 0.310 e. The molecule has 20 heavy (non-hydrogen) atoms. The maximum absolute atomic E-state index is 11.3. The monoisotopic (exact) mass is 276 g/mol. The molecule has 1 N–H and O–H groups in total. The van der Waals surface area contributed by atoms with Gasteiger partial charge >= 0.3 is 5.97 Å². The van der Waals surface area contributed by atoms with Gasteiger partial charge < -0.3 is 10.1 Å². The number of rotatable bonds is 6. The fourth-order valence-electron chi connectivity index (χ4n) is 1.95. The minimum Gasteiger partial charge on any atom is -0.469 e. The van der Waals surface area contributed by atoms with Crippen molar-refractivity contribution in [3.8, 4) is 6.07 Å². The van der Waals surface area contributed by atoms with Gasteiger partial charge in [0.15, 0.2) is 5.82 Å². The molecule has 1 heterocycles. The summed E-state index contributed by atoms with van der Waals surface area (Å²) < 4.78 is 4.66. The molecule has 0 aliphatic heterocycles. The molecular formula is C14H20N4O2. The lowest BCUT2D eigenvalue weighted by Gasteiger charge is -2.14. The molecule has 0 spiro atoms. The third-order valence-corrected chi connectivity index (χ3v) is 3.14. The first-order chi connectivity index (χ1) is 9.58. The van der Waals surface area contributed by atoms with Crippen LogP contribution < -0.4 is 5.32 Å². The first kappa shape index (κ1) is 15.9. The second-order valence-electron chi connectivity index (χ2n) is 4.47. The van der Waals surface area contributed by atoms with E-state index >= 15 is 0 Å². The van der Waals surface area contributed by atoms with Gasteiger partial charge in [-0.1, -0.05) is 20.8 Å². The molecule has 0 fully saturated rings. The molecule has 0 aliphatic carbocycles. The summed E-state index contributed by atoms with van der Waals surface area (Å²) in [7, 11) is 1.35. The quantitative estimate of drug-likeness (QED) is 0.795. The molecule has 1 aromatic heterocycles. The summed E-state index contributed by atoms with van der Waals surface area (Å²) in [4.78, 5) is 11.3. The average molecular weight is 276 g/mol. The Balaban J connectivity index is 2.97. The Labute approximate surface area is 119 Å². The van der Waals surface area contributed by atoms with Crippen molar-refractivity contribution in [3.63, 3.8) is 0 Å². The highest BCUT2D eigenvalue weighted by Gasteiger charge is 2.17. The molecular weight excluding hydrogens is 256 g/mol. The number of methoxy groups -OCH3 is 1. The second kappa shape index (κ2) is 7.43. The van der Waals surface area contributed by atoms with E-state index in [4.69, 9.17) is 0 Å². The normalized spacial score (nSPS) is 11.6. The van der Waals surface area contributed by atoms with Crippen molar-refractivity contribution in [1.29, 1.82) is 5.26 Å². The number of esters is 1. The molecule has 1 aromatic rings. The summed E-state index contributed by atoms with van der Waals surface area (Å²) in [5, 5.41) is 20.5. The van der Waals surface area contributed by atoms with Crippen LogP contribution >= 0.6 is 0 Å². The summed E-state index contributed by atoms with van der Waals surface area (Å²) >= 11 is 0. The van der Waals surface area contributed by atoms with E-state index in [9.17, 15) is 10.1 Å². The predicted octanol–water partition coefficient (Wildman–Crippen LogP) is 1.69.